The molecule has 1 saturated heterocycles. The number of fused-ring (bicyclic) bond motifs is 2. The summed E-state index contributed by atoms with van der Waals surface area (Å²) in [4.78, 5) is 4.14. The average molecular weight is 209 g/mol. The van der Waals surface area contributed by atoms with Gasteiger partial charge in [0.2, 0.25) is 0 Å². The number of rotatable bonds is 1. The maximum Gasteiger partial charge on any atom is 0.129 e. The molecule has 3 heteroatoms. The van der Waals surface area contributed by atoms with Crippen molar-refractivity contribution in [3.8, 4) is 0 Å². The molecule has 1 saturated carbocycles. The summed E-state index contributed by atoms with van der Waals surface area (Å²) in [6.07, 6.45) is 4.59. The van der Waals surface area contributed by atoms with Crippen LogP contribution in [0.5, 0.6) is 0 Å². The highest BCUT2D eigenvalue weighted by molar-refractivity contribution is 6.29. The summed E-state index contributed by atoms with van der Waals surface area (Å²) in [6.45, 7) is 1.21. The molecule has 0 aromatic carbocycles. The molecule has 1 N–H and O–H groups in total. The van der Waals surface area contributed by atoms with Gasteiger partial charge < -0.3 is 5.32 Å². The molecule has 0 radical (unpaired) electrons. The van der Waals surface area contributed by atoms with Crippen molar-refractivity contribution in [2.45, 2.75) is 24.8 Å². The lowest BCUT2D eigenvalue weighted by Crippen LogP contribution is -2.31. The van der Waals surface area contributed by atoms with Crippen LogP contribution in [-0.2, 0) is 0 Å². The van der Waals surface area contributed by atoms with Crippen molar-refractivity contribution in [3.05, 3.63) is 29.0 Å². The zero-order valence-corrected chi connectivity index (χ0v) is 8.67. The summed E-state index contributed by atoms with van der Waals surface area (Å²) < 4.78 is 0. The Morgan fingerprint density at radius 3 is 2.86 bits per heavy atom. The quantitative estimate of drug-likeness (QED) is 0.716. The zero-order valence-electron chi connectivity index (χ0n) is 7.91. The summed E-state index contributed by atoms with van der Waals surface area (Å²) in [5, 5.41) is 4.15. The van der Waals surface area contributed by atoms with Crippen LogP contribution in [-0.4, -0.2) is 17.6 Å². The Morgan fingerprint density at radius 2 is 2.29 bits per heavy atom. The normalized spacial score (nSPS) is 35.1. The summed E-state index contributed by atoms with van der Waals surface area (Å²) >= 11 is 5.77. The lowest BCUT2D eigenvalue weighted by molar-refractivity contribution is 0.448. The second kappa shape index (κ2) is 3.21. The molecule has 2 fully saturated rings. The Bertz CT molecular complexity index is 336. The van der Waals surface area contributed by atoms with E-state index in [1.807, 2.05) is 12.3 Å². The third kappa shape index (κ3) is 1.33. The first kappa shape index (κ1) is 8.69. The maximum absolute atomic E-state index is 5.77. The van der Waals surface area contributed by atoms with E-state index >= 15 is 0 Å². The van der Waals surface area contributed by atoms with Crippen LogP contribution in [0.2, 0.25) is 5.15 Å². The monoisotopic (exact) mass is 208 g/mol. The first-order valence-corrected chi connectivity index (χ1v) is 5.55. The van der Waals surface area contributed by atoms with Gasteiger partial charge in [-0.25, -0.2) is 4.98 Å². The van der Waals surface area contributed by atoms with E-state index in [1.165, 1.54) is 24.9 Å². The fourth-order valence-corrected chi connectivity index (χ4v) is 2.94. The van der Waals surface area contributed by atoms with Crippen LogP contribution in [0.3, 0.4) is 0 Å². The highest BCUT2D eigenvalue weighted by Crippen LogP contribution is 2.42. The molecule has 1 aliphatic carbocycles. The number of nitrogens with one attached hydrogen (secondary N) is 1. The summed E-state index contributed by atoms with van der Waals surface area (Å²) in [7, 11) is 0. The number of hydrogen-bond acceptors (Lipinski definition) is 2. The number of halogens is 1. The number of aromatic nitrogens is 1. The molecular weight excluding hydrogens is 196 g/mol. The van der Waals surface area contributed by atoms with E-state index in [4.69, 9.17) is 11.6 Å². The van der Waals surface area contributed by atoms with Crippen molar-refractivity contribution in [3.63, 3.8) is 0 Å². The van der Waals surface area contributed by atoms with E-state index in [0.717, 1.165) is 5.92 Å². The Labute approximate surface area is 88.7 Å². The zero-order chi connectivity index (χ0) is 9.54. The van der Waals surface area contributed by atoms with Gasteiger partial charge in [-0.05, 0) is 36.9 Å². The predicted molar refractivity (Wildman–Crippen MR) is 56.5 cm³/mol. The maximum atomic E-state index is 5.77. The Kier molecular flexibility index (Phi) is 1.99. The third-order valence-electron chi connectivity index (χ3n) is 3.51. The second-order valence-electron chi connectivity index (χ2n) is 4.37. The van der Waals surface area contributed by atoms with Crippen molar-refractivity contribution in [1.82, 2.24) is 10.3 Å². The molecule has 0 spiro atoms. The molecule has 2 aliphatic rings. The largest absolute Gasteiger partial charge is 0.313 e. The topological polar surface area (TPSA) is 24.9 Å². The van der Waals surface area contributed by atoms with Gasteiger partial charge in [-0.15, -0.1) is 0 Å². The average Bonchev–Trinajstić information content (AvgIpc) is 2.80. The van der Waals surface area contributed by atoms with Gasteiger partial charge in [0.05, 0.1) is 0 Å². The Hall–Kier alpha value is -0.600. The van der Waals surface area contributed by atoms with Gasteiger partial charge in [-0.2, -0.15) is 0 Å². The highest BCUT2D eigenvalue weighted by Gasteiger charge is 2.39. The summed E-state index contributed by atoms with van der Waals surface area (Å²) in [5.74, 6) is 1.55. The van der Waals surface area contributed by atoms with Crippen LogP contribution in [0.4, 0.5) is 0 Å². The fraction of sp³-hybridized carbons (Fsp3) is 0.545. The fourth-order valence-electron chi connectivity index (χ4n) is 2.83. The first-order chi connectivity index (χ1) is 6.83. The minimum absolute atomic E-state index is 0.588. The smallest absolute Gasteiger partial charge is 0.129 e. The number of piperidine rings is 1. The molecule has 14 heavy (non-hydrogen) atoms. The summed E-state index contributed by atoms with van der Waals surface area (Å²) in [6, 6.07) is 4.69. The molecule has 2 bridgehead atoms. The molecule has 0 unspecified atom stereocenters. The molecule has 0 amide bonds. The van der Waals surface area contributed by atoms with Gasteiger partial charge in [0.15, 0.2) is 0 Å². The van der Waals surface area contributed by atoms with Crippen LogP contribution in [0.1, 0.15) is 24.3 Å². The standard InChI is InChI=1S/C11H13ClN2/c12-11-2-1-8(6-14-11)9-3-7-4-10(9)13-5-7/h1-2,6-7,9-10,13H,3-5H2/t7-,9+,10-/m1/s1. The third-order valence-corrected chi connectivity index (χ3v) is 3.73. The number of nitrogens with zero attached hydrogens (tertiary/aromatic N) is 1. The molecular formula is C11H13ClN2. The SMILES string of the molecule is Clc1ccc([C@@H]2C[C@H]3CN[C@@H]2C3)cn1. The van der Waals surface area contributed by atoms with Crippen LogP contribution in [0, 0.1) is 5.92 Å². The molecule has 3 rings (SSSR count). The van der Waals surface area contributed by atoms with Crippen molar-refractivity contribution < 1.29 is 0 Å². The molecule has 1 aromatic heterocycles. The van der Waals surface area contributed by atoms with Crippen molar-refractivity contribution in [1.29, 1.82) is 0 Å². The van der Waals surface area contributed by atoms with Gasteiger partial charge >= 0.3 is 0 Å². The van der Waals surface area contributed by atoms with Crippen molar-refractivity contribution in [2.24, 2.45) is 5.92 Å². The molecule has 3 atom stereocenters. The van der Waals surface area contributed by atoms with Gasteiger partial charge in [0.25, 0.3) is 0 Å². The van der Waals surface area contributed by atoms with E-state index in [2.05, 4.69) is 16.4 Å². The molecule has 74 valence electrons. The molecule has 1 aliphatic heterocycles. The van der Waals surface area contributed by atoms with Crippen LogP contribution in [0.25, 0.3) is 0 Å². The van der Waals surface area contributed by atoms with E-state index in [-0.39, 0.29) is 0 Å². The van der Waals surface area contributed by atoms with Crippen LogP contribution < -0.4 is 5.32 Å². The first-order valence-electron chi connectivity index (χ1n) is 5.18. The highest BCUT2D eigenvalue weighted by atomic mass is 35.5. The number of hydrogen-bond donors (Lipinski definition) is 1. The lowest BCUT2D eigenvalue weighted by atomic mass is 9.93. The van der Waals surface area contributed by atoms with Crippen LogP contribution >= 0.6 is 11.6 Å². The minimum Gasteiger partial charge on any atom is -0.313 e. The molecule has 2 nitrogen and oxygen atoms in total. The van der Waals surface area contributed by atoms with E-state index in [9.17, 15) is 0 Å². The van der Waals surface area contributed by atoms with E-state index < -0.39 is 0 Å². The van der Waals surface area contributed by atoms with Gasteiger partial charge in [-0.1, -0.05) is 17.7 Å². The van der Waals surface area contributed by atoms with Gasteiger partial charge in [0.1, 0.15) is 5.15 Å². The predicted octanol–water partition coefficient (Wildman–Crippen LogP) is 2.20. The van der Waals surface area contributed by atoms with Crippen molar-refractivity contribution >= 4 is 11.6 Å². The molecule has 1 aromatic rings. The minimum atomic E-state index is 0.588. The van der Waals surface area contributed by atoms with Crippen LogP contribution in [0.15, 0.2) is 18.3 Å². The van der Waals surface area contributed by atoms with Gasteiger partial charge in [-0.3, -0.25) is 0 Å². The number of pyridine rings is 1. The summed E-state index contributed by atoms with van der Waals surface area (Å²) in [5.41, 5.74) is 1.34. The Balaban J connectivity index is 1.86. The van der Waals surface area contributed by atoms with Gasteiger partial charge in [0, 0.05) is 18.2 Å². The van der Waals surface area contributed by atoms with E-state index in [1.54, 1.807) is 0 Å². The van der Waals surface area contributed by atoms with Crippen molar-refractivity contribution in [2.75, 3.05) is 6.54 Å². The van der Waals surface area contributed by atoms with E-state index in [0.29, 0.717) is 17.1 Å². The lowest BCUT2D eigenvalue weighted by Gasteiger charge is -2.22. The second-order valence-corrected chi connectivity index (χ2v) is 4.76. The Morgan fingerprint density at radius 1 is 1.36 bits per heavy atom. The molecule has 2 heterocycles.